The zero-order valence-corrected chi connectivity index (χ0v) is 18.0. The summed E-state index contributed by atoms with van der Waals surface area (Å²) in [5.41, 5.74) is 0.359. The maximum absolute atomic E-state index is 14.0. The predicted octanol–water partition coefficient (Wildman–Crippen LogP) is 4.89. The second-order valence-electron chi connectivity index (χ2n) is 6.75. The van der Waals surface area contributed by atoms with Crippen molar-refractivity contribution in [3.63, 3.8) is 0 Å². The number of nitrogens with zero attached hydrogens (tertiary/aromatic N) is 3. The number of benzene rings is 1. The normalized spacial score (nSPS) is 11.3. The van der Waals surface area contributed by atoms with Gasteiger partial charge in [-0.1, -0.05) is 18.2 Å². The number of rotatable bonds is 9. The highest BCUT2D eigenvalue weighted by atomic mass is 32.1. The number of halogens is 1. The van der Waals surface area contributed by atoms with Crippen LogP contribution < -0.4 is 0 Å². The van der Waals surface area contributed by atoms with Crippen molar-refractivity contribution in [3.05, 3.63) is 77.5 Å². The molecule has 0 aliphatic rings. The molecule has 9 heteroatoms. The standard InChI is InChI=1S/C23H20FN3O4S/c1-29-13-12-27(15-21-25-26-23(31-21)20-7-4-14-32-20)22(28)11-9-16-8-10-19(30-16)17-5-2-3-6-18(17)24/h2-11,14H,12-13,15H2,1H3. The molecule has 0 unspecified atom stereocenters. The van der Waals surface area contributed by atoms with Gasteiger partial charge in [-0.2, -0.15) is 0 Å². The SMILES string of the molecule is COCCN(Cc1nnc(-c2cccs2)o1)C(=O)C=Cc1ccc(-c2ccccc2F)o1. The Morgan fingerprint density at radius 3 is 2.81 bits per heavy atom. The number of amides is 1. The van der Waals surface area contributed by atoms with E-state index in [1.54, 1.807) is 37.4 Å². The maximum atomic E-state index is 14.0. The lowest BCUT2D eigenvalue weighted by molar-refractivity contribution is -0.127. The van der Waals surface area contributed by atoms with E-state index in [0.29, 0.717) is 42.0 Å². The molecule has 164 valence electrons. The summed E-state index contributed by atoms with van der Waals surface area (Å²) < 4.78 is 30.4. The number of carbonyl (C=O) groups excluding carboxylic acids is 1. The van der Waals surface area contributed by atoms with Crippen LogP contribution in [-0.2, 0) is 16.1 Å². The van der Waals surface area contributed by atoms with E-state index in [1.807, 2.05) is 17.5 Å². The minimum atomic E-state index is -0.374. The smallest absolute Gasteiger partial charge is 0.257 e. The topological polar surface area (TPSA) is 81.6 Å². The van der Waals surface area contributed by atoms with Crippen molar-refractivity contribution >= 4 is 23.3 Å². The molecule has 1 aromatic carbocycles. The molecule has 3 heterocycles. The first-order chi connectivity index (χ1) is 15.6. The first-order valence-corrected chi connectivity index (χ1v) is 10.7. The maximum Gasteiger partial charge on any atom is 0.257 e. The fraction of sp³-hybridized carbons (Fsp3) is 0.174. The summed E-state index contributed by atoms with van der Waals surface area (Å²) in [7, 11) is 1.56. The summed E-state index contributed by atoms with van der Waals surface area (Å²) in [5.74, 6) is 0.911. The van der Waals surface area contributed by atoms with Gasteiger partial charge in [0.1, 0.15) is 17.3 Å². The van der Waals surface area contributed by atoms with Gasteiger partial charge in [0.2, 0.25) is 11.8 Å². The highest BCUT2D eigenvalue weighted by Gasteiger charge is 2.17. The molecule has 0 spiro atoms. The Balaban J connectivity index is 1.45. The van der Waals surface area contributed by atoms with Gasteiger partial charge < -0.3 is 18.5 Å². The zero-order valence-electron chi connectivity index (χ0n) is 17.2. The van der Waals surface area contributed by atoms with Crippen LogP contribution in [0.3, 0.4) is 0 Å². The van der Waals surface area contributed by atoms with Crippen LogP contribution in [0.15, 0.2) is 68.8 Å². The van der Waals surface area contributed by atoms with Crippen LogP contribution in [0.2, 0.25) is 0 Å². The van der Waals surface area contributed by atoms with Gasteiger partial charge in [0.15, 0.2) is 0 Å². The van der Waals surface area contributed by atoms with E-state index in [-0.39, 0.29) is 18.3 Å². The summed E-state index contributed by atoms with van der Waals surface area (Å²) >= 11 is 1.49. The molecule has 3 aromatic heterocycles. The number of ether oxygens (including phenoxy) is 1. The average molecular weight is 453 g/mol. The number of carbonyl (C=O) groups is 1. The summed E-state index contributed by atoms with van der Waals surface area (Å²) in [5, 5.41) is 10.0. The number of hydrogen-bond acceptors (Lipinski definition) is 7. The van der Waals surface area contributed by atoms with Crippen LogP contribution >= 0.6 is 11.3 Å². The van der Waals surface area contributed by atoms with E-state index in [1.165, 1.54) is 34.5 Å². The molecule has 1 amide bonds. The average Bonchev–Trinajstić information content (AvgIpc) is 3.57. The number of methoxy groups -OCH3 is 1. The first kappa shape index (κ1) is 21.7. The molecule has 0 N–H and O–H groups in total. The van der Waals surface area contributed by atoms with Crippen LogP contribution in [0.4, 0.5) is 4.39 Å². The Morgan fingerprint density at radius 2 is 2.03 bits per heavy atom. The molecular formula is C23H20FN3O4S. The van der Waals surface area contributed by atoms with Crippen LogP contribution in [0, 0.1) is 5.82 Å². The lowest BCUT2D eigenvalue weighted by Crippen LogP contribution is -2.32. The molecule has 4 rings (SSSR count). The molecule has 0 atom stereocenters. The van der Waals surface area contributed by atoms with Crippen molar-refractivity contribution in [2.24, 2.45) is 0 Å². The van der Waals surface area contributed by atoms with Gasteiger partial charge >= 0.3 is 0 Å². The number of aromatic nitrogens is 2. The van der Waals surface area contributed by atoms with Gasteiger partial charge in [-0.05, 0) is 41.8 Å². The Bertz CT molecular complexity index is 1200. The van der Waals surface area contributed by atoms with E-state index in [2.05, 4.69) is 10.2 Å². The van der Waals surface area contributed by atoms with Crippen LogP contribution in [0.1, 0.15) is 11.7 Å². The predicted molar refractivity (Wildman–Crippen MR) is 118 cm³/mol. The van der Waals surface area contributed by atoms with Crippen LogP contribution in [0.5, 0.6) is 0 Å². The highest BCUT2D eigenvalue weighted by Crippen LogP contribution is 2.26. The number of furan rings is 1. The third-order valence-electron chi connectivity index (χ3n) is 4.56. The Kier molecular flexibility index (Phi) is 6.88. The fourth-order valence-corrected chi connectivity index (χ4v) is 3.60. The fourth-order valence-electron chi connectivity index (χ4n) is 2.96. The number of thiophene rings is 1. The monoisotopic (exact) mass is 453 g/mol. The quantitative estimate of drug-likeness (QED) is 0.336. The largest absolute Gasteiger partial charge is 0.457 e. The van der Waals surface area contributed by atoms with Crippen LogP contribution in [0.25, 0.3) is 28.2 Å². The summed E-state index contributed by atoms with van der Waals surface area (Å²) in [6.45, 7) is 0.836. The summed E-state index contributed by atoms with van der Waals surface area (Å²) in [4.78, 5) is 15.2. The molecular weight excluding hydrogens is 433 g/mol. The molecule has 0 aliphatic heterocycles. The van der Waals surface area contributed by atoms with E-state index < -0.39 is 0 Å². The second-order valence-corrected chi connectivity index (χ2v) is 7.69. The third kappa shape index (κ3) is 5.19. The van der Waals surface area contributed by atoms with Crippen molar-refractivity contribution in [1.82, 2.24) is 15.1 Å². The van der Waals surface area contributed by atoms with Gasteiger partial charge in [-0.25, -0.2) is 4.39 Å². The Hall–Kier alpha value is -3.56. The Labute approximate surface area is 187 Å². The van der Waals surface area contributed by atoms with Gasteiger partial charge in [0, 0.05) is 19.7 Å². The van der Waals surface area contributed by atoms with Gasteiger partial charge in [0.05, 0.1) is 23.6 Å². The first-order valence-electron chi connectivity index (χ1n) is 9.81. The van der Waals surface area contributed by atoms with E-state index >= 15 is 0 Å². The third-order valence-corrected chi connectivity index (χ3v) is 5.42. The van der Waals surface area contributed by atoms with Crippen molar-refractivity contribution in [2.45, 2.75) is 6.54 Å². The molecule has 0 radical (unpaired) electrons. The molecule has 0 fully saturated rings. The van der Waals surface area contributed by atoms with Crippen molar-refractivity contribution < 1.29 is 22.8 Å². The minimum absolute atomic E-state index is 0.142. The van der Waals surface area contributed by atoms with Gasteiger partial charge in [0.25, 0.3) is 5.89 Å². The molecule has 4 aromatic rings. The highest BCUT2D eigenvalue weighted by molar-refractivity contribution is 7.13. The van der Waals surface area contributed by atoms with E-state index in [0.717, 1.165) is 4.88 Å². The van der Waals surface area contributed by atoms with E-state index in [4.69, 9.17) is 13.6 Å². The van der Waals surface area contributed by atoms with Crippen molar-refractivity contribution in [2.75, 3.05) is 20.3 Å². The number of hydrogen-bond donors (Lipinski definition) is 0. The molecule has 0 saturated carbocycles. The Morgan fingerprint density at radius 1 is 1.16 bits per heavy atom. The lowest BCUT2D eigenvalue weighted by atomic mass is 10.1. The molecule has 0 bridgehead atoms. The zero-order chi connectivity index (χ0) is 22.3. The summed E-state index contributed by atoms with van der Waals surface area (Å²) in [6.07, 6.45) is 2.92. The summed E-state index contributed by atoms with van der Waals surface area (Å²) in [6, 6.07) is 13.5. The van der Waals surface area contributed by atoms with Gasteiger partial charge in [-0.3, -0.25) is 4.79 Å². The van der Waals surface area contributed by atoms with Crippen molar-refractivity contribution in [3.8, 4) is 22.1 Å². The van der Waals surface area contributed by atoms with E-state index in [9.17, 15) is 9.18 Å². The molecule has 0 aliphatic carbocycles. The molecule has 32 heavy (non-hydrogen) atoms. The minimum Gasteiger partial charge on any atom is -0.457 e. The van der Waals surface area contributed by atoms with Gasteiger partial charge in [-0.15, -0.1) is 21.5 Å². The van der Waals surface area contributed by atoms with Crippen molar-refractivity contribution in [1.29, 1.82) is 0 Å². The van der Waals surface area contributed by atoms with Crippen LogP contribution in [-0.4, -0.2) is 41.3 Å². The molecule has 0 saturated heterocycles. The lowest BCUT2D eigenvalue weighted by Gasteiger charge is -2.18. The molecule has 7 nitrogen and oxygen atoms in total. The second kappa shape index (κ2) is 10.2.